The van der Waals surface area contributed by atoms with Gasteiger partial charge in [0.25, 0.3) is 5.91 Å². The minimum Gasteiger partial charge on any atom is -0.449 e. The third kappa shape index (κ3) is 5.39. The molecule has 1 aromatic carbocycles. The second-order valence-electron chi connectivity index (χ2n) is 6.09. The monoisotopic (exact) mass is 388 g/mol. The van der Waals surface area contributed by atoms with Crippen LogP contribution in [-0.2, 0) is 9.53 Å². The van der Waals surface area contributed by atoms with Crippen molar-refractivity contribution in [2.24, 2.45) is 0 Å². The Morgan fingerprint density at radius 1 is 1.15 bits per heavy atom. The van der Waals surface area contributed by atoms with Gasteiger partial charge >= 0.3 is 12.0 Å². The van der Waals surface area contributed by atoms with Crippen molar-refractivity contribution in [1.82, 2.24) is 10.6 Å². The van der Waals surface area contributed by atoms with E-state index in [0.29, 0.717) is 12.1 Å². The standard InChI is InChI=1S/C17H19ClF2N2O4/c1-9(15(23)22-17(25)21-10-5-3-2-4-6-10)26-16(24)11-7-13(19)14(20)8-12(11)18/h7-10H,2-6H2,1H3,(H2,21,22,23,25)/t9-/m0/s1. The maximum atomic E-state index is 13.2. The molecule has 142 valence electrons. The highest BCUT2D eigenvalue weighted by Crippen LogP contribution is 2.21. The van der Waals surface area contributed by atoms with E-state index >= 15 is 0 Å². The summed E-state index contributed by atoms with van der Waals surface area (Å²) in [5.74, 6) is -4.43. The lowest BCUT2D eigenvalue weighted by molar-refractivity contribution is -0.127. The molecule has 0 aliphatic heterocycles. The zero-order valence-corrected chi connectivity index (χ0v) is 14.9. The van der Waals surface area contributed by atoms with Crippen LogP contribution in [0, 0.1) is 11.6 Å². The largest absolute Gasteiger partial charge is 0.449 e. The summed E-state index contributed by atoms with van der Waals surface area (Å²) in [6, 6.07) is 0.557. The average Bonchev–Trinajstić information content (AvgIpc) is 2.58. The van der Waals surface area contributed by atoms with Crippen molar-refractivity contribution in [2.75, 3.05) is 0 Å². The molecule has 0 unspecified atom stereocenters. The molecule has 6 nitrogen and oxygen atoms in total. The Morgan fingerprint density at radius 3 is 2.42 bits per heavy atom. The van der Waals surface area contributed by atoms with Gasteiger partial charge in [-0.05, 0) is 31.9 Å². The summed E-state index contributed by atoms with van der Waals surface area (Å²) in [7, 11) is 0. The number of hydrogen-bond acceptors (Lipinski definition) is 4. The van der Waals surface area contributed by atoms with Crippen molar-refractivity contribution >= 4 is 29.5 Å². The Kier molecular flexibility index (Phi) is 6.90. The van der Waals surface area contributed by atoms with Gasteiger partial charge in [-0.15, -0.1) is 0 Å². The zero-order valence-electron chi connectivity index (χ0n) is 14.1. The number of carbonyl (C=O) groups is 3. The molecule has 2 rings (SSSR count). The summed E-state index contributed by atoms with van der Waals surface area (Å²) in [6.45, 7) is 1.24. The van der Waals surface area contributed by atoms with E-state index < -0.39 is 41.2 Å². The van der Waals surface area contributed by atoms with Crippen molar-refractivity contribution < 1.29 is 27.9 Å². The maximum absolute atomic E-state index is 13.2. The number of hydrogen-bond donors (Lipinski definition) is 2. The van der Waals surface area contributed by atoms with Crippen molar-refractivity contribution in [3.05, 3.63) is 34.4 Å². The maximum Gasteiger partial charge on any atom is 0.340 e. The zero-order chi connectivity index (χ0) is 19.3. The summed E-state index contributed by atoms with van der Waals surface area (Å²) in [5, 5.41) is 4.42. The fourth-order valence-corrected chi connectivity index (χ4v) is 2.87. The van der Waals surface area contributed by atoms with Crippen LogP contribution in [0.5, 0.6) is 0 Å². The summed E-state index contributed by atoms with van der Waals surface area (Å²) in [4.78, 5) is 35.7. The number of esters is 1. The van der Waals surface area contributed by atoms with Crippen molar-refractivity contribution in [1.29, 1.82) is 0 Å². The van der Waals surface area contributed by atoms with Crippen LogP contribution in [0.1, 0.15) is 49.4 Å². The molecule has 3 amide bonds. The lowest BCUT2D eigenvalue weighted by atomic mass is 9.96. The molecule has 1 aliphatic carbocycles. The Balaban J connectivity index is 1.88. The molecule has 0 saturated heterocycles. The summed E-state index contributed by atoms with van der Waals surface area (Å²) in [6.07, 6.45) is 3.52. The number of nitrogens with one attached hydrogen (secondary N) is 2. The minimum absolute atomic E-state index is 0.00963. The molecule has 26 heavy (non-hydrogen) atoms. The van der Waals surface area contributed by atoms with Crippen LogP contribution in [0.25, 0.3) is 0 Å². The number of rotatable bonds is 4. The molecular weight excluding hydrogens is 370 g/mol. The van der Waals surface area contributed by atoms with Gasteiger partial charge in [-0.3, -0.25) is 10.1 Å². The van der Waals surface area contributed by atoms with E-state index in [-0.39, 0.29) is 11.1 Å². The van der Waals surface area contributed by atoms with E-state index in [0.717, 1.165) is 32.1 Å². The molecule has 1 aliphatic rings. The molecule has 0 bridgehead atoms. The van der Waals surface area contributed by atoms with E-state index in [4.69, 9.17) is 16.3 Å². The molecular formula is C17H19ClF2N2O4. The molecule has 0 aromatic heterocycles. The highest BCUT2D eigenvalue weighted by atomic mass is 35.5. The van der Waals surface area contributed by atoms with Crippen molar-refractivity contribution in [2.45, 2.75) is 51.2 Å². The molecule has 2 N–H and O–H groups in total. The van der Waals surface area contributed by atoms with E-state index in [1.54, 1.807) is 0 Å². The number of carbonyl (C=O) groups excluding carboxylic acids is 3. The highest BCUT2D eigenvalue weighted by Gasteiger charge is 2.24. The van der Waals surface area contributed by atoms with Crippen LogP contribution in [0.15, 0.2) is 12.1 Å². The van der Waals surface area contributed by atoms with E-state index in [9.17, 15) is 23.2 Å². The highest BCUT2D eigenvalue weighted by molar-refractivity contribution is 6.33. The summed E-state index contributed by atoms with van der Waals surface area (Å²) < 4.78 is 31.1. The third-order valence-electron chi connectivity index (χ3n) is 4.06. The quantitative estimate of drug-likeness (QED) is 0.612. The van der Waals surface area contributed by atoms with Gasteiger partial charge in [-0.2, -0.15) is 0 Å². The van der Waals surface area contributed by atoms with Crippen molar-refractivity contribution in [3.8, 4) is 0 Å². The predicted octanol–water partition coefficient (Wildman–Crippen LogP) is 3.32. The van der Waals surface area contributed by atoms with Gasteiger partial charge in [0, 0.05) is 6.04 Å². The van der Waals surface area contributed by atoms with Crippen LogP contribution < -0.4 is 10.6 Å². The molecule has 1 atom stereocenters. The van der Waals surface area contributed by atoms with Gasteiger partial charge in [-0.25, -0.2) is 18.4 Å². The van der Waals surface area contributed by atoms with E-state index in [1.165, 1.54) is 6.92 Å². The number of imide groups is 1. The van der Waals surface area contributed by atoms with Crippen molar-refractivity contribution in [3.63, 3.8) is 0 Å². The smallest absolute Gasteiger partial charge is 0.340 e. The van der Waals surface area contributed by atoms with Gasteiger partial charge in [0.05, 0.1) is 10.6 Å². The third-order valence-corrected chi connectivity index (χ3v) is 4.37. The summed E-state index contributed by atoms with van der Waals surface area (Å²) in [5.41, 5.74) is -0.420. The summed E-state index contributed by atoms with van der Waals surface area (Å²) >= 11 is 5.68. The first-order valence-electron chi connectivity index (χ1n) is 8.25. The Bertz CT molecular complexity index is 708. The second kappa shape index (κ2) is 8.93. The second-order valence-corrected chi connectivity index (χ2v) is 6.50. The fraction of sp³-hybridized carbons (Fsp3) is 0.471. The number of urea groups is 1. The predicted molar refractivity (Wildman–Crippen MR) is 89.8 cm³/mol. The van der Waals surface area contributed by atoms with Crippen LogP contribution in [0.4, 0.5) is 13.6 Å². The van der Waals surface area contributed by atoms with E-state index in [1.807, 2.05) is 0 Å². The van der Waals surface area contributed by atoms with Crippen LogP contribution in [0.2, 0.25) is 5.02 Å². The first kappa shape index (κ1) is 20.1. The molecule has 9 heteroatoms. The molecule has 0 heterocycles. The topological polar surface area (TPSA) is 84.5 Å². The Morgan fingerprint density at radius 2 is 1.77 bits per heavy atom. The van der Waals surface area contributed by atoms with Gasteiger partial charge in [0.1, 0.15) is 0 Å². The number of halogens is 3. The molecule has 1 fully saturated rings. The molecule has 0 spiro atoms. The Labute approximate surface area is 154 Å². The number of benzene rings is 1. The number of amides is 3. The number of ether oxygens (including phenoxy) is 1. The fourth-order valence-electron chi connectivity index (χ4n) is 2.64. The lowest BCUT2D eigenvalue weighted by Crippen LogP contribution is -2.48. The first-order valence-corrected chi connectivity index (χ1v) is 8.62. The normalized spacial score (nSPS) is 15.8. The van der Waals surface area contributed by atoms with Gasteiger partial charge in [0.15, 0.2) is 17.7 Å². The molecule has 0 radical (unpaired) electrons. The van der Waals surface area contributed by atoms with Gasteiger partial charge < -0.3 is 10.1 Å². The first-order chi connectivity index (χ1) is 12.3. The SMILES string of the molecule is C[C@H](OC(=O)c1cc(F)c(F)cc1Cl)C(=O)NC(=O)NC1CCCCC1. The van der Waals surface area contributed by atoms with E-state index in [2.05, 4.69) is 10.6 Å². The van der Waals surface area contributed by atoms with Gasteiger partial charge in [0.2, 0.25) is 0 Å². The van der Waals surface area contributed by atoms with Crippen LogP contribution in [-0.4, -0.2) is 30.1 Å². The Hall–Kier alpha value is -2.22. The minimum atomic E-state index is -1.33. The lowest BCUT2D eigenvalue weighted by Gasteiger charge is -2.23. The average molecular weight is 389 g/mol. The van der Waals surface area contributed by atoms with Crippen LogP contribution >= 0.6 is 11.6 Å². The van der Waals surface area contributed by atoms with Crippen LogP contribution in [0.3, 0.4) is 0 Å². The molecule has 1 saturated carbocycles. The van der Waals surface area contributed by atoms with Gasteiger partial charge in [-0.1, -0.05) is 30.9 Å². The molecule has 1 aromatic rings.